The lowest BCUT2D eigenvalue weighted by Gasteiger charge is -2.33. The molecular formula is C15H21NO5S. The minimum atomic E-state index is -3.51. The summed E-state index contributed by atoms with van der Waals surface area (Å²) >= 11 is 0. The molecule has 0 aliphatic carbocycles. The van der Waals surface area contributed by atoms with Crippen molar-refractivity contribution < 1.29 is 23.1 Å². The number of hydrogen-bond donors (Lipinski definition) is 1. The van der Waals surface area contributed by atoms with Gasteiger partial charge in [-0.2, -0.15) is 0 Å². The summed E-state index contributed by atoms with van der Waals surface area (Å²) in [5.74, 6) is -1.06. The molecule has 7 heteroatoms. The van der Waals surface area contributed by atoms with Crippen LogP contribution in [0.25, 0.3) is 0 Å². The van der Waals surface area contributed by atoms with Crippen LogP contribution < -0.4 is 4.74 Å². The smallest absolute Gasteiger partial charge is 0.307 e. The molecule has 1 saturated heterocycles. The quantitative estimate of drug-likeness (QED) is 0.854. The Morgan fingerprint density at radius 1 is 1.32 bits per heavy atom. The van der Waals surface area contributed by atoms with Crippen LogP contribution in [0.3, 0.4) is 0 Å². The molecule has 1 heterocycles. The van der Waals surface area contributed by atoms with Crippen molar-refractivity contribution in [3.05, 3.63) is 30.3 Å². The van der Waals surface area contributed by atoms with Crippen LogP contribution in [0.15, 0.2) is 30.3 Å². The maximum absolute atomic E-state index is 12.3. The van der Waals surface area contributed by atoms with Crippen LogP contribution in [-0.4, -0.2) is 49.2 Å². The SMILES string of the molecule is CC1CC(C(=O)O)CN(S(=O)(=O)CCOc2ccccc2)C1. The molecule has 6 nitrogen and oxygen atoms in total. The van der Waals surface area contributed by atoms with Gasteiger partial charge in [0.25, 0.3) is 0 Å². The molecule has 1 N–H and O–H groups in total. The predicted molar refractivity (Wildman–Crippen MR) is 82.2 cm³/mol. The largest absolute Gasteiger partial charge is 0.492 e. The van der Waals surface area contributed by atoms with Crippen LogP contribution in [0.1, 0.15) is 13.3 Å². The second-order valence-corrected chi connectivity index (χ2v) is 7.76. The van der Waals surface area contributed by atoms with Gasteiger partial charge in [0.2, 0.25) is 10.0 Å². The van der Waals surface area contributed by atoms with Crippen molar-refractivity contribution in [2.75, 3.05) is 25.4 Å². The molecule has 1 aliphatic rings. The number of piperidine rings is 1. The number of carboxylic acid groups (broad SMARTS) is 1. The highest BCUT2D eigenvalue weighted by Crippen LogP contribution is 2.24. The average Bonchev–Trinajstić information content (AvgIpc) is 2.47. The zero-order valence-corrected chi connectivity index (χ0v) is 13.3. The summed E-state index contributed by atoms with van der Waals surface area (Å²) in [4.78, 5) is 11.1. The van der Waals surface area contributed by atoms with Crippen molar-refractivity contribution in [2.45, 2.75) is 13.3 Å². The molecule has 0 amide bonds. The first kappa shape index (κ1) is 16.8. The van der Waals surface area contributed by atoms with E-state index in [4.69, 9.17) is 9.84 Å². The molecule has 0 bridgehead atoms. The fourth-order valence-electron chi connectivity index (χ4n) is 2.62. The van der Waals surface area contributed by atoms with Crippen LogP contribution in [0, 0.1) is 11.8 Å². The number of benzene rings is 1. The number of carboxylic acids is 1. The summed E-state index contributed by atoms with van der Waals surface area (Å²) in [5.41, 5.74) is 0. The third-order valence-electron chi connectivity index (χ3n) is 3.72. The predicted octanol–water partition coefficient (Wildman–Crippen LogP) is 1.44. The molecule has 0 aromatic heterocycles. The van der Waals surface area contributed by atoms with E-state index >= 15 is 0 Å². The highest BCUT2D eigenvalue weighted by Gasteiger charge is 2.35. The van der Waals surface area contributed by atoms with Gasteiger partial charge in [-0.05, 0) is 24.5 Å². The van der Waals surface area contributed by atoms with Crippen LogP contribution in [-0.2, 0) is 14.8 Å². The van der Waals surface area contributed by atoms with Crippen LogP contribution in [0.5, 0.6) is 5.75 Å². The number of ether oxygens (including phenoxy) is 1. The minimum absolute atomic E-state index is 0.0414. The van der Waals surface area contributed by atoms with Gasteiger partial charge in [-0.25, -0.2) is 12.7 Å². The van der Waals surface area contributed by atoms with E-state index in [0.29, 0.717) is 18.7 Å². The number of carbonyl (C=O) groups is 1. The van der Waals surface area contributed by atoms with Gasteiger partial charge in [0.15, 0.2) is 0 Å². The summed E-state index contributed by atoms with van der Waals surface area (Å²) in [6, 6.07) is 9.00. The summed E-state index contributed by atoms with van der Waals surface area (Å²) in [6.07, 6.45) is 0.516. The first-order valence-corrected chi connectivity index (χ1v) is 8.88. The first-order chi connectivity index (χ1) is 10.4. The van der Waals surface area contributed by atoms with Crippen molar-refractivity contribution in [1.82, 2.24) is 4.31 Å². The van der Waals surface area contributed by atoms with E-state index < -0.39 is 21.9 Å². The van der Waals surface area contributed by atoms with Crippen molar-refractivity contribution >= 4 is 16.0 Å². The van der Waals surface area contributed by atoms with Crippen LogP contribution >= 0.6 is 0 Å². The van der Waals surface area contributed by atoms with E-state index in [-0.39, 0.29) is 24.8 Å². The normalized spacial score (nSPS) is 23.1. The second-order valence-electron chi connectivity index (χ2n) is 5.67. The number of aliphatic carboxylic acids is 1. The van der Waals surface area contributed by atoms with E-state index in [1.54, 1.807) is 12.1 Å². The third kappa shape index (κ3) is 4.45. The monoisotopic (exact) mass is 327 g/mol. The second kappa shape index (κ2) is 7.11. The topological polar surface area (TPSA) is 83.9 Å². The molecule has 0 spiro atoms. The molecule has 2 rings (SSSR count). The Balaban J connectivity index is 1.93. The Hall–Kier alpha value is -1.60. The van der Waals surface area contributed by atoms with Crippen LogP contribution in [0.4, 0.5) is 0 Å². The lowest BCUT2D eigenvalue weighted by atomic mass is 9.92. The standard InChI is InChI=1S/C15H21NO5S/c1-12-9-13(15(17)18)11-16(10-12)22(19,20)8-7-21-14-5-3-2-4-6-14/h2-6,12-13H,7-11H2,1H3,(H,17,18). The molecule has 122 valence electrons. The Morgan fingerprint density at radius 2 is 2.00 bits per heavy atom. The number of rotatable bonds is 6. The lowest BCUT2D eigenvalue weighted by molar-refractivity contribution is -0.143. The number of hydrogen-bond acceptors (Lipinski definition) is 4. The van der Waals surface area contributed by atoms with Gasteiger partial charge < -0.3 is 9.84 Å². The van der Waals surface area contributed by atoms with Gasteiger partial charge >= 0.3 is 5.97 Å². The maximum Gasteiger partial charge on any atom is 0.307 e. The van der Waals surface area contributed by atoms with Gasteiger partial charge in [0.05, 0.1) is 11.7 Å². The maximum atomic E-state index is 12.3. The molecule has 1 aliphatic heterocycles. The fourth-order valence-corrected chi connectivity index (χ4v) is 4.06. The van der Waals surface area contributed by atoms with E-state index in [2.05, 4.69) is 0 Å². The van der Waals surface area contributed by atoms with Crippen LogP contribution in [0.2, 0.25) is 0 Å². The van der Waals surface area contributed by atoms with Gasteiger partial charge in [0, 0.05) is 13.1 Å². The molecule has 2 unspecified atom stereocenters. The minimum Gasteiger partial charge on any atom is -0.492 e. The van der Waals surface area contributed by atoms with Gasteiger partial charge in [-0.15, -0.1) is 0 Å². The molecule has 0 saturated carbocycles. The highest BCUT2D eigenvalue weighted by molar-refractivity contribution is 7.89. The molecule has 2 atom stereocenters. The Morgan fingerprint density at radius 3 is 2.64 bits per heavy atom. The molecule has 0 radical (unpaired) electrons. The number of para-hydroxylation sites is 1. The molecule has 22 heavy (non-hydrogen) atoms. The summed E-state index contributed by atoms with van der Waals surface area (Å²) in [6.45, 7) is 2.35. The Kier molecular flexibility index (Phi) is 5.42. The Bertz CT molecular complexity index is 602. The van der Waals surface area contributed by atoms with Crippen molar-refractivity contribution in [1.29, 1.82) is 0 Å². The molecular weight excluding hydrogens is 306 g/mol. The summed E-state index contributed by atoms with van der Waals surface area (Å²) < 4.78 is 31.4. The summed E-state index contributed by atoms with van der Waals surface area (Å²) in [7, 11) is -3.51. The van der Waals surface area contributed by atoms with Crippen molar-refractivity contribution in [3.8, 4) is 5.75 Å². The zero-order chi connectivity index (χ0) is 16.2. The molecule has 1 aromatic carbocycles. The van der Waals surface area contributed by atoms with Gasteiger partial charge in [-0.1, -0.05) is 25.1 Å². The zero-order valence-electron chi connectivity index (χ0n) is 12.5. The first-order valence-electron chi connectivity index (χ1n) is 7.27. The van der Waals surface area contributed by atoms with E-state index in [9.17, 15) is 13.2 Å². The van der Waals surface area contributed by atoms with E-state index in [0.717, 1.165) is 0 Å². The average molecular weight is 327 g/mol. The number of sulfonamides is 1. The van der Waals surface area contributed by atoms with E-state index in [1.807, 2.05) is 25.1 Å². The van der Waals surface area contributed by atoms with Gasteiger partial charge in [0.1, 0.15) is 12.4 Å². The van der Waals surface area contributed by atoms with Crippen molar-refractivity contribution in [2.24, 2.45) is 11.8 Å². The molecule has 1 fully saturated rings. The van der Waals surface area contributed by atoms with Crippen molar-refractivity contribution in [3.63, 3.8) is 0 Å². The Labute approximate surface area is 130 Å². The number of nitrogens with zero attached hydrogens (tertiary/aromatic N) is 1. The fraction of sp³-hybridized carbons (Fsp3) is 0.533. The third-order valence-corrected chi connectivity index (χ3v) is 5.49. The van der Waals surface area contributed by atoms with Gasteiger partial charge in [-0.3, -0.25) is 4.79 Å². The lowest BCUT2D eigenvalue weighted by Crippen LogP contribution is -2.46. The van der Waals surface area contributed by atoms with E-state index in [1.165, 1.54) is 4.31 Å². The summed E-state index contributed by atoms with van der Waals surface area (Å²) in [5, 5.41) is 9.12. The molecule has 1 aromatic rings. The highest BCUT2D eigenvalue weighted by atomic mass is 32.2.